The van der Waals surface area contributed by atoms with Crippen LogP contribution in [0.1, 0.15) is 36.0 Å². The Bertz CT molecular complexity index is 619. The average molecular weight is 308 g/mol. The van der Waals surface area contributed by atoms with Crippen molar-refractivity contribution >= 4 is 15.9 Å². The first-order chi connectivity index (χ1) is 9.95. The molecule has 0 aromatic heterocycles. The summed E-state index contributed by atoms with van der Waals surface area (Å²) in [6.07, 6.45) is 5.17. The molecule has 1 amide bonds. The lowest BCUT2D eigenvalue weighted by atomic mass is 9.98. The third-order valence-electron chi connectivity index (χ3n) is 4.40. The zero-order valence-corrected chi connectivity index (χ0v) is 12.6. The number of amides is 1. The lowest BCUT2D eigenvalue weighted by molar-refractivity contribution is 0.0943. The maximum absolute atomic E-state index is 12.1. The second-order valence-corrected chi connectivity index (χ2v) is 7.68. The molecule has 114 valence electrons. The van der Waals surface area contributed by atoms with Crippen molar-refractivity contribution in [3.63, 3.8) is 0 Å². The zero-order valence-electron chi connectivity index (χ0n) is 11.8. The summed E-state index contributed by atoms with van der Waals surface area (Å²) in [5.41, 5.74) is 0.466. The molecule has 2 aliphatic carbocycles. The maximum atomic E-state index is 12.1. The van der Waals surface area contributed by atoms with Gasteiger partial charge in [-0.1, -0.05) is 0 Å². The first-order valence-corrected chi connectivity index (χ1v) is 8.91. The Kier molecular flexibility index (Phi) is 3.75. The Hall–Kier alpha value is -1.40. The number of carbonyl (C=O) groups is 1. The Morgan fingerprint density at radius 3 is 2.10 bits per heavy atom. The Labute approximate surface area is 125 Å². The molecular formula is C15H20N2O3S. The van der Waals surface area contributed by atoms with E-state index in [0.29, 0.717) is 11.5 Å². The Balaban J connectivity index is 1.59. The van der Waals surface area contributed by atoms with Crippen LogP contribution in [-0.4, -0.2) is 20.9 Å². The summed E-state index contributed by atoms with van der Waals surface area (Å²) in [4.78, 5) is 12.1. The van der Waals surface area contributed by atoms with Gasteiger partial charge in [0.1, 0.15) is 0 Å². The highest BCUT2D eigenvalue weighted by Crippen LogP contribution is 2.48. The highest BCUT2D eigenvalue weighted by molar-refractivity contribution is 7.89. The van der Waals surface area contributed by atoms with Crippen LogP contribution in [-0.2, 0) is 10.0 Å². The maximum Gasteiger partial charge on any atom is 0.251 e. The monoisotopic (exact) mass is 308 g/mol. The van der Waals surface area contributed by atoms with Crippen molar-refractivity contribution in [2.24, 2.45) is 22.9 Å². The predicted octanol–water partition coefficient (Wildman–Crippen LogP) is 1.50. The van der Waals surface area contributed by atoms with Crippen molar-refractivity contribution in [2.45, 2.75) is 30.6 Å². The number of hydrogen-bond acceptors (Lipinski definition) is 3. The van der Waals surface area contributed by atoms with Crippen LogP contribution >= 0.6 is 0 Å². The van der Waals surface area contributed by atoms with Crippen LogP contribution in [0.5, 0.6) is 0 Å². The van der Waals surface area contributed by atoms with Crippen molar-refractivity contribution in [3.05, 3.63) is 29.8 Å². The Morgan fingerprint density at radius 2 is 1.67 bits per heavy atom. The fourth-order valence-electron chi connectivity index (χ4n) is 2.88. The molecule has 0 aliphatic heterocycles. The molecule has 21 heavy (non-hydrogen) atoms. The summed E-state index contributed by atoms with van der Waals surface area (Å²) >= 11 is 0. The minimum atomic E-state index is -3.71. The van der Waals surface area contributed by atoms with Gasteiger partial charge in [-0.25, -0.2) is 13.6 Å². The normalized spacial score (nSPS) is 18.8. The van der Waals surface area contributed by atoms with E-state index in [0.717, 1.165) is 18.4 Å². The molecule has 5 nitrogen and oxygen atoms in total. The number of sulfonamides is 1. The van der Waals surface area contributed by atoms with E-state index in [4.69, 9.17) is 5.14 Å². The van der Waals surface area contributed by atoms with E-state index in [1.807, 2.05) is 0 Å². The van der Waals surface area contributed by atoms with E-state index in [2.05, 4.69) is 5.32 Å². The fraction of sp³-hybridized carbons (Fsp3) is 0.533. The smallest absolute Gasteiger partial charge is 0.251 e. The number of hydrogen-bond donors (Lipinski definition) is 2. The van der Waals surface area contributed by atoms with E-state index in [9.17, 15) is 13.2 Å². The number of rotatable bonds is 6. The highest BCUT2D eigenvalue weighted by Gasteiger charge is 2.41. The van der Waals surface area contributed by atoms with Crippen LogP contribution < -0.4 is 10.5 Å². The molecule has 3 rings (SSSR count). The van der Waals surface area contributed by atoms with Gasteiger partial charge in [-0.15, -0.1) is 0 Å². The average Bonchev–Trinajstić information content (AvgIpc) is 3.31. The molecule has 0 spiro atoms. The van der Waals surface area contributed by atoms with Gasteiger partial charge < -0.3 is 5.32 Å². The SMILES string of the molecule is NS(=O)(=O)c1ccc(C(=O)NCC(C2CC2)C2CC2)cc1. The molecule has 1 aromatic carbocycles. The van der Waals surface area contributed by atoms with E-state index >= 15 is 0 Å². The van der Waals surface area contributed by atoms with Gasteiger partial charge in [-0.2, -0.15) is 0 Å². The number of nitrogens with one attached hydrogen (secondary N) is 1. The molecule has 0 unspecified atom stereocenters. The third-order valence-corrected chi connectivity index (χ3v) is 5.33. The molecule has 6 heteroatoms. The standard InChI is InChI=1S/C15H20N2O3S/c16-21(19,20)13-7-5-12(6-8-13)15(18)17-9-14(10-1-2-10)11-3-4-11/h5-8,10-11,14H,1-4,9H2,(H,17,18)(H2,16,19,20). The van der Waals surface area contributed by atoms with Crippen LogP contribution in [0.2, 0.25) is 0 Å². The minimum Gasteiger partial charge on any atom is -0.352 e. The first kappa shape index (κ1) is 14.5. The molecule has 0 saturated heterocycles. The second kappa shape index (κ2) is 5.42. The number of primary sulfonamides is 1. The molecule has 2 fully saturated rings. The van der Waals surface area contributed by atoms with Gasteiger partial charge in [0.25, 0.3) is 5.91 Å². The summed E-state index contributed by atoms with van der Waals surface area (Å²) in [6.45, 7) is 0.727. The summed E-state index contributed by atoms with van der Waals surface area (Å²) < 4.78 is 22.3. The van der Waals surface area contributed by atoms with Crippen LogP contribution in [0.25, 0.3) is 0 Å². The largest absolute Gasteiger partial charge is 0.352 e. The van der Waals surface area contributed by atoms with Gasteiger partial charge in [0.2, 0.25) is 10.0 Å². The fourth-order valence-corrected chi connectivity index (χ4v) is 3.39. The van der Waals surface area contributed by atoms with Gasteiger partial charge in [0.15, 0.2) is 0 Å². The first-order valence-electron chi connectivity index (χ1n) is 7.36. The topological polar surface area (TPSA) is 89.3 Å². The predicted molar refractivity (Wildman–Crippen MR) is 79.1 cm³/mol. The van der Waals surface area contributed by atoms with E-state index in [1.54, 1.807) is 0 Å². The summed E-state index contributed by atoms with van der Waals surface area (Å²) in [5.74, 6) is 2.06. The van der Waals surface area contributed by atoms with Gasteiger partial charge in [-0.3, -0.25) is 4.79 Å². The minimum absolute atomic E-state index is 0.0212. The van der Waals surface area contributed by atoms with Crippen LogP contribution in [0.4, 0.5) is 0 Å². The van der Waals surface area contributed by atoms with Crippen LogP contribution in [0, 0.1) is 17.8 Å². The molecule has 0 radical (unpaired) electrons. The summed E-state index contributed by atoms with van der Waals surface area (Å²) in [5, 5.41) is 8.01. The van der Waals surface area contributed by atoms with Crippen molar-refractivity contribution in [2.75, 3.05) is 6.54 Å². The van der Waals surface area contributed by atoms with Crippen molar-refractivity contribution in [1.82, 2.24) is 5.32 Å². The molecule has 0 bridgehead atoms. The number of carbonyl (C=O) groups excluding carboxylic acids is 1. The molecule has 3 N–H and O–H groups in total. The molecule has 2 saturated carbocycles. The van der Waals surface area contributed by atoms with E-state index in [-0.39, 0.29) is 10.8 Å². The van der Waals surface area contributed by atoms with Gasteiger partial charge in [0, 0.05) is 12.1 Å². The second-order valence-electron chi connectivity index (χ2n) is 6.12. The lowest BCUT2D eigenvalue weighted by Crippen LogP contribution is -2.31. The third kappa shape index (κ3) is 3.63. The summed E-state index contributed by atoms with van der Waals surface area (Å²) in [6, 6.07) is 5.73. The number of benzene rings is 1. The van der Waals surface area contributed by atoms with Crippen LogP contribution in [0.15, 0.2) is 29.2 Å². The Morgan fingerprint density at radius 1 is 1.14 bits per heavy atom. The van der Waals surface area contributed by atoms with Crippen molar-refractivity contribution in [3.8, 4) is 0 Å². The quantitative estimate of drug-likeness (QED) is 0.834. The van der Waals surface area contributed by atoms with Crippen molar-refractivity contribution < 1.29 is 13.2 Å². The van der Waals surface area contributed by atoms with Gasteiger partial charge in [0.05, 0.1) is 4.90 Å². The lowest BCUT2D eigenvalue weighted by Gasteiger charge is -2.16. The summed E-state index contributed by atoms with van der Waals surface area (Å²) in [7, 11) is -3.71. The highest BCUT2D eigenvalue weighted by atomic mass is 32.2. The zero-order chi connectivity index (χ0) is 15.0. The molecule has 0 heterocycles. The van der Waals surface area contributed by atoms with Gasteiger partial charge >= 0.3 is 0 Å². The van der Waals surface area contributed by atoms with Crippen molar-refractivity contribution in [1.29, 1.82) is 0 Å². The molecule has 0 atom stereocenters. The van der Waals surface area contributed by atoms with E-state index < -0.39 is 10.0 Å². The van der Waals surface area contributed by atoms with Crippen LogP contribution in [0.3, 0.4) is 0 Å². The molecule has 1 aromatic rings. The molecule has 2 aliphatic rings. The molecular weight excluding hydrogens is 288 g/mol. The van der Waals surface area contributed by atoms with Gasteiger partial charge in [-0.05, 0) is 67.7 Å². The number of nitrogens with two attached hydrogens (primary N) is 1. The van der Waals surface area contributed by atoms with E-state index in [1.165, 1.54) is 49.9 Å².